The summed E-state index contributed by atoms with van der Waals surface area (Å²) < 4.78 is 25.5. The van der Waals surface area contributed by atoms with Crippen LogP contribution in [0.15, 0.2) is 42.5 Å². The van der Waals surface area contributed by atoms with E-state index in [-0.39, 0.29) is 23.7 Å². The number of piperidine rings is 1. The summed E-state index contributed by atoms with van der Waals surface area (Å²) in [5.41, 5.74) is 3.95. The van der Waals surface area contributed by atoms with Crippen molar-refractivity contribution in [3.8, 4) is 23.1 Å². The molecule has 0 spiro atoms. The van der Waals surface area contributed by atoms with Crippen LogP contribution in [0, 0.1) is 24.1 Å². The lowest BCUT2D eigenvalue weighted by Gasteiger charge is -2.27. The van der Waals surface area contributed by atoms with Crippen LogP contribution in [0.2, 0.25) is 0 Å². The zero-order chi connectivity index (χ0) is 29.0. The Balaban J connectivity index is 1.48. The van der Waals surface area contributed by atoms with E-state index < -0.39 is 5.82 Å². The van der Waals surface area contributed by atoms with Crippen molar-refractivity contribution in [3.63, 3.8) is 0 Å². The molecule has 0 saturated carbocycles. The van der Waals surface area contributed by atoms with Gasteiger partial charge in [0.15, 0.2) is 11.3 Å². The van der Waals surface area contributed by atoms with Crippen LogP contribution in [0.4, 0.5) is 4.39 Å². The van der Waals surface area contributed by atoms with Crippen molar-refractivity contribution in [1.29, 1.82) is 5.26 Å². The Morgan fingerprint density at radius 3 is 2.64 bits per heavy atom. The zero-order valence-corrected chi connectivity index (χ0v) is 24.2. The maximum Gasteiger partial charge on any atom is 0.245 e. The van der Waals surface area contributed by atoms with E-state index in [9.17, 15) is 5.26 Å². The van der Waals surface area contributed by atoms with Gasteiger partial charge in [0.2, 0.25) is 5.88 Å². The van der Waals surface area contributed by atoms with Crippen LogP contribution < -0.4 is 10.1 Å². The fraction of sp³-hybridized carbons (Fsp3) is 0.394. The highest BCUT2D eigenvalue weighted by molar-refractivity contribution is 6.08. The van der Waals surface area contributed by atoms with Gasteiger partial charge < -0.3 is 10.1 Å². The number of aryl methyl sites for hydroxylation is 1. The minimum atomic E-state index is -0.430. The predicted molar refractivity (Wildman–Crippen MR) is 162 cm³/mol. The number of pyridine rings is 1. The van der Waals surface area contributed by atoms with Crippen molar-refractivity contribution in [3.05, 3.63) is 59.4 Å². The number of rotatable bonds is 5. The van der Waals surface area contributed by atoms with Crippen LogP contribution in [0.5, 0.6) is 5.88 Å². The normalized spacial score (nSPS) is 19.1. The molecule has 2 atom stereocenters. The summed E-state index contributed by atoms with van der Waals surface area (Å²) in [4.78, 5) is 7.15. The average molecular weight is 564 g/mol. The number of aromatic nitrogens is 4. The lowest BCUT2D eigenvalue weighted by Crippen LogP contribution is -2.38. The molecule has 2 aromatic heterocycles. The van der Waals surface area contributed by atoms with Gasteiger partial charge >= 0.3 is 0 Å². The van der Waals surface area contributed by atoms with Gasteiger partial charge in [0, 0.05) is 22.4 Å². The molecule has 3 aromatic carbocycles. The maximum atomic E-state index is 17.0. The summed E-state index contributed by atoms with van der Waals surface area (Å²) >= 11 is 0. The summed E-state index contributed by atoms with van der Waals surface area (Å²) in [7, 11) is 2.11. The van der Waals surface area contributed by atoms with Crippen LogP contribution in [0.25, 0.3) is 43.8 Å². The number of hydrogen-bond acceptors (Lipinski definition) is 7. The highest BCUT2D eigenvalue weighted by atomic mass is 19.1. The maximum absolute atomic E-state index is 17.0. The number of nitriles is 1. The molecule has 2 fully saturated rings. The highest BCUT2D eigenvalue weighted by Gasteiger charge is 2.31. The molecule has 4 heterocycles. The van der Waals surface area contributed by atoms with Crippen molar-refractivity contribution in [2.75, 3.05) is 26.7 Å². The van der Waals surface area contributed by atoms with Gasteiger partial charge in [-0.05, 0) is 94.9 Å². The largest absolute Gasteiger partial charge is 0.471 e. The van der Waals surface area contributed by atoms with Crippen LogP contribution in [0.1, 0.15) is 49.8 Å². The van der Waals surface area contributed by atoms with E-state index in [0.29, 0.717) is 33.5 Å². The standard InChI is InChI=1S/C33H34FN7O/c1-19-17-25-30(29(34)27(19)24-10-5-8-21-7-4-9-22(18-35)28(21)24)37-33(42-20(2)26-11-6-16-40(26)3)31-32(25)41(39-38-31)23-12-14-36-15-13-23/h4-5,7-10,17,20,23,26,36H,6,11-16H2,1-3H3/t20-,26-/m0/s1. The van der Waals surface area contributed by atoms with E-state index >= 15 is 4.39 Å². The first kappa shape index (κ1) is 26.7. The molecule has 5 aromatic rings. The van der Waals surface area contributed by atoms with Gasteiger partial charge in [-0.15, -0.1) is 5.10 Å². The van der Waals surface area contributed by atoms with E-state index in [1.54, 1.807) is 6.07 Å². The number of likely N-dealkylation sites (N-methyl/N-ethyl adjacent to an activating group) is 1. The number of likely N-dealkylation sites (tertiary alicyclic amines) is 1. The summed E-state index contributed by atoms with van der Waals surface area (Å²) in [5, 5.41) is 24.8. The van der Waals surface area contributed by atoms with Gasteiger partial charge in [0.05, 0.1) is 17.7 Å². The molecule has 8 nitrogen and oxygen atoms in total. The minimum Gasteiger partial charge on any atom is -0.471 e. The van der Waals surface area contributed by atoms with Crippen LogP contribution in [-0.2, 0) is 0 Å². The van der Waals surface area contributed by atoms with Gasteiger partial charge in [-0.3, -0.25) is 4.90 Å². The zero-order valence-electron chi connectivity index (χ0n) is 24.2. The Bertz CT molecular complexity index is 1870. The van der Waals surface area contributed by atoms with E-state index in [1.165, 1.54) is 0 Å². The van der Waals surface area contributed by atoms with Crippen molar-refractivity contribution in [1.82, 2.24) is 30.2 Å². The van der Waals surface area contributed by atoms with Gasteiger partial charge in [0.25, 0.3) is 0 Å². The molecule has 42 heavy (non-hydrogen) atoms. The highest BCUT2D eigenvalue weighted by Crippen LogP contribution is 2.41. The van der Waals surface area contributed by atoms with Gasteiger partial charge in [-0.2, -0.15) is 5.26 Å². The molecule has 0 unspecified atom stereocenters. The molecule has 2 saturated heterocycles. The Morgan fingerprint density at radius 2 is 1.90 bits per heavy atom. The van der Waals surface area contributed by atoms with Gasteiger partial charge in [-0.25, -0.2) is 14.1 Å². The Labute approximate surface area is 244 Å². The lowest BCUT2D eigenvalue weighted by atomic mass is 9.91. The SMILES string of the molecule is Cc1cc2c(nc(O[C@@H](C)[C@@H]3CCCN3C)c3nnn(C4CCNCC4)c32)c(F)c1-c1cccc2cccc(C#N)c12. The average Bonchev–Trinajstić information content (AvgIpc) is 3.65. The molecule has 214 valence electrons. The predicted octanol–water partition coefficient (Wildman–Crippen LogP) is 5.90. The van der Waals surface area contributed by atoms with Crippen LogP contribution in [-0.4, -0.2) is 63.7 Å². The third-order valence-electron chi connectivity index (χ3n) is 9.17. The molecule has 0 bridgehead atoms. The van der Waals surface area contributed by atoms with E-state index in [2.05, 4.69) is 40.6 Å². The quantitative estimate of drug-likeness (QED) is 0.284. The Morgan fingerprint density at radius 1 is 1.12 bits per heavy atom. The van der Waals surface area contributed by atoms with E-state index in [0.717, 1.165) is 67.2 Å². The Hall–Kier alpha value is -4.13. The molecule has 0 amide bonds. The van der Waals surface area contributed by atoms with Crippen molar-refractivity contribution >= 4 is 32.7 Å². The fourth-order valence-corrected chi connectivity index (χ4v) is 7.05. The number of benzene rings is 3. The number of hydrogen-bond donors (Lipinski definition) is 1. The second kappa shape index (κ2) is 10.6. The topological polar surface area (TPSA) is 91.9 Å². The summed E-state index contributed by atoms with van der Waals surface area (Å²) in [6.07, 6.45) is 3.83. The summed E-state index contributed by atoms with van der Waals surface area (Å²) in [5.74, 6) is -0.115. The molecule has 7 rings (SSSR count). The molecular weight excluding hydrogens is 529 g/mol. The number of nitrogens with one attached hydrogen (secondary N) is 1. The Kier molecular flexibility index (Phi) is 6.76. The van der Waals surface area contributed by atoms with Gasteiger partial charge in [-0.1, -0.05) is 35.5 Å². The van der Waals surface area contributed by atoms with E-state index in [4.69, 9.17) is 9.72 Å². The van der Waals surface area contributed by atoms with E-state index in [1.807, 2.05) is 48.0 Å². The molecular formula is C33H34FN7O. The number of halogens is 1. The first-order valence-corrected chi connectivity index (χ1v) is 14.8. The number of fused-ring (bicyclic) bond motifs is 4. The lowest BCUT2D eigenvalue weighted by molar-refractivity contribution is 0.118. The first-order valence-electron chi connectivity index (χ1n) is 14.8. The third kappa shape index (κ3) is 4.29. The second-order valence-electron chi connectivity index (χ2n) is 11.7. The number of ether oxygens (including phenoxy) is 1. The molecule has 0 aliphatic carbocycles. The van der Waals surface area contributed by atoms with Crippen LogP contribution >= 0.6 is 0 Å². The number of nitrogens with zero attached hydrogens (tertiary/aromatic N) is 6. The van der Waals surface area contributed by atoms with Crippen molar-refractivity contribution < 1.29 is 9.13 Å². The molecule has 2 aliphatic heterocycles. The molecule has 1 N–H and O–H groups in total. The monoisotopic (exact) mass is 563 g/mol. The molecule has 2 aliphatic rings. The smallest absolute Gasteiger partial charge is 0.245 e. The first-order chi connectivity index (χ1) is 20.5. The summed E-state index contributed by atoms with van der Waals surface area (Å²) in [6, 6.07) is 16.0. The van der Waals surface area contributed by atoms with Gasteiger partial charge in [0.1, 0.15) is 17.1 Å². The summed E-state index contributed by atoms with van der Waals surface area (Å²) in [6.45, 7) is 6.78. The second-order valence-corrected chi connectivity index (χ2v) is 11.7. The van der Waals surface area contributed by atoms with Crippen molar-refractivity contribution in [2.24, 2.45) is 0 Å². The minimum absolute atomic E-state index is 0.146. The fourth-order valence-electron chi connectivity index (χ4n) is 7.05. The van der Waals surface area contributed by atoms with Crippen LogP contribution in [0.3, 0.4) is 0 Å². The molecule has 9 heteroatoms. The van der Waals surface area contributed by atoms with Crippen molar-refractivity contribution in [2.45, 2.75) is 57.7 Å². The third-order valence-corrected chi connectivity index (χ3v) is 9.17. The molecule has 0 radical (unpaired) electrons.